The zero-order valence-electron chi connectivity index (χ0n) is 13.8. The summed E-state index contributed by atoms with van der Waals surface area (Å²) >= 11 is 6.15. The lowest BCUT2D eigenvalue weighted by molar-refractivity contribution is 0.415. The molecule has 25 heavy (non-hydrogen) atoms. The number of hydrogen-bond donors (Lipinski definition) is 0. The minimum atomic E-state index is -3.51. The average molecular weight is 379 g/mol. The van der Waals surface area contributed by atoms with Crippen LogP contribution < -0.4 is 4.74 Å². The number of aromatic nitrogens is 4. The molecular formula is C16H15ClN4O3S. The number of hydrogen-bond acceptors (Lipinski definition) is 6. The van der Waals surface area contributed by atoms with Crippen molar-refractivity contribution in [2.45, 2.75) is 5.16 Å². The molecule has 0 aliphatic heterocycles. The summed E-state index contributed by atoms with van der Waals surface area (Å²) in [4.78, 5) is 7.98. The summed E-state index contributed by atoms with van der Waals surface area (Å²) in [6.45, 7) is 0. The molecule has 3 rings (SSSR count). The predicted molar refractivity (Wildman–Crippen MR) is 94.3 cm³/mol. The summed E-state index contributed by atoms with van der Waals surface area (Å²) in [6, 6.07) is 6.89. The summed E-state index contributed by atoms with van der Waals surface area (Å²) in [6.07, 6.45) is 4.24. The number of ether oxygens (including phenoxy) is 1. The molecule has 0 saturated heterocycles. The van der Waals surface area contributed by atoms with Gasteiger partial charge in [0.15, 0.2) is 0 Å². The van der Waals surface area contributed by atoms with Crippen LogP contribution in [-0.4, -0.2) is 41.5 Å². The van der Waals surface area contributed by atoms with Crippen LogP contribution in [0.5, 0.6) is 5.75 Å². The van der Waals surface area contributed by atoms with Crippen molar-refractivity contribution in [2.24, 2.45) is 7.05 Å². The van der Waals surface area contributed by atoms with Gasteiger partial charge in [0.1, 0.15) is 11.4 Å². The van der Waals surface area contributed by atoms with E-state index in [9.17, 15) is 8.42 Å². The number of halogens is 1. The van der Waals surface area contributed by atoms with E-state index in [2.05, 4.69) is 15.1 Å². The minimum Gasteiger partial charge on any atom is -0.497 e. The lowest BCUT2D eigenvalue weighted by Crippen LogP contribution is -2.04. The number of rotatable bonds is 4. The molecule has 7 nitrogen and oxygen atoms in total. The molecule has 1 aromatic carbocycles. The monoisotopic (exact) mass is 378 g/mol. The Morgan fingerprint density at radius 3 is 2.68 bits per heavy atom. The maximum atomic E-state index is 11.7. The van der Waals surface area contributed by atoms with Crippen LogP contribution in [0.3, 0.4) is 0 Å². The van der Waals surface area contributed by atoms with Crippen molar-refractivity contribution in [3.05, 3.63) is 41.7 Å². The van der Waals surface area contributed by atoms with Gasteiger partial charge in [-0.2, -0.15) is 5.10 Å². The maximum Gasteiger partial charge on any atom is 0.247 e. The lowest BCUT2D eigenvalue weighted by Gasteiger charge is -2.06. The molecule has 130 valence electrons. The SMILES string of the molecule is COc1cc(Cl)cc(-c2nn(C)cc2-c2ccnc(S(C)(=O)=O)n2)c1. The summed E-state index contributed by atoms with van der Waals surface area (Å²) in [7, 11) is -0.188. The molecule has 0 saturated carbocycles. The average Bonchev–Trinajstić information content (AvgIpc) is 2.95. The second-order valence-electron chi connectivity index (χ2n) is 5.44. The topological polar surface area (TPSA) is 87.0 Å². The van der Waals surface area contributed by atoms with Crippen molar-refractivity contribution in [3.8, 4) is 28.3 Å². The molecule has 2 heterocycles. The van der Waals surface area contributed by atoms with E-state index in [1.807, 2.05) is 0 Å². The Balaban J connectivity index is 2.19. The van der Waals surface area contributed by atoms with Crippen molar-refractivity contribution in [3.63, 3.8) is 0 Å². The van der Waals surface area contributed by atoms with E-state index in [0.29, 0.717) is 27.7 Å². The van der Waals surface area contributed by atoms with Crippen LogP contribution in [0.15, 0.2) is 41.8 Å². The van der Waals surface area contributed by atoms with Gasteiger partial charge in [-0.1, -0.05) is 11.6 Å². The summed E-state index contributed by atoms with van der Waals surface area (Å²) in [5.74, 6) is 0.596. The number of methoxy groups -OCH3 is 1. The first-order valence-electron chi connectivity index (χ1n) is 7.20. The first-order valence-corrected chi connectivity index (χ1v) is 9.47. The summed E-state index contributed by atoms with van der Waals surface area (Å²) in [5.41, 5.74) is 2.47. The first-order chi connectivity index (χ1) is 11.8. The van der Waals surface area contributed by atoms with E-state index in [1.54, 1.807) is 49.3 Å². The largest absolute Gasteiger partial charge is 0.497 e. The van der Waals surface area contributed by atoms with Crippen LogP contribution in [0.25, 0.3) is 22.5 Å². The molecule has 3 aromatic rings. The number of benzene rings is 1. The highest BCUT2D eigenvalue weighted by Gasteiger charge is 2.18. The molecule has 0 fully saturated rings. The van der Waals surface area contributed by atoms with E-state index in [4.69, 9.17) is 16.3 Å². The van der Waals surface area contributed by atoms with Crippen LogP contribution in [-0.2, 0) is 16.9 Å². The maximum absolute atomic E-state index is 11.7. The second kappa shape index (κ2) is 6.45. The van der Waals surface area contributed by atoms with Crippen LogP contribution in [0.4, 0.5) is 0 Å². The molecule has 0 atom stereocenters. The molecule has 0 aliphatic carbocycles. The fraction of sp³-hybridized carbons (Fsp3) is 0.188. The van der Waals surface area contributed by atoms with Gasteiger partial charge in [-0.25, -0.2) is 18.4 Å². The van der Waals surface area contributed by atoms with Gasteiger partial charge in [0.2, 0.25) is 15.0 Å². The van der Waals surface area contributed by atoms with E-state index >= 15 is 0 Å². The Morgan fingerprint density at radius 1 is 1.24 bits per heavy atom. The second-order valence-corrected chi connectivity index (χ2v) is 7.79. The van der Waals surface area contributed by atoms with Crippen molar-refractivity contribution < 1.29 is 13.2 Å². The molecule has 0 spiro atoms. The zero-order valence-corrected chi connectivity index (χ0v) is 15.3. The van der Waals surface area contributed by atoms with Crippen LogP contribution in [0.2, 0.25) is 5.02 Å². The normalized spacial score (nSPS) is 11.5. The molecular weight excluding hydrogens is 364 g/mol. The van der Waals surface area contributed by atoms with Crippen molar-refractivity contribution in [1.82, 2.24) is 19.7 Å². The molecule has 9 heteroatoms. The van der Waals surface area contributed by atoms with Crippen LogP contribution >= 0.6 is 11.6 Å². The minimum absolute atomic E-state index is 0.233. The Kier molecular flexibility index (Phi) is 4.49. The molecule has 0 bridgehead atoms. The first kappa shape index (κ1) is 17.4. The predicted octanol–water partition coefficient (Wildman–Crippen LogP) is 2.61. The summed E-state index contributed by atoms with van der Waals surface area (Å²) < 4.78 is 30.3. The van der Waals surface area contributed by atoms with Crippen LogP contribution in [0.1, 0.15) is 0 Å². The molecule has 2 aromatic heterocycles. The number of aryl methyl sites for hydroxylation is 1. The third-order valence-corrected chi connectivity index (χ3v) is 4.53. The molecule has 0 N–H and O–H groups in total. The van der Waals surface area contributed by atoms with Gasteiger partial charge in [-0.05, 0) is 24.3 Å². The molecule has 0 amide bonds. The smallest absolute Gasteiger partial charge is 0.247 e. The number of sulfone groups is 1. The van der Waals surface area contributed by atoms with Crippen molar-refractivity contribution in [2.75, 3.05) is 13.4 Å². The van der Waals surface area contributed by atoms with Gasteiger partial charge in [0.25, 0.3) is 0 Å². The molecule has 0 unspecified atom stereocenters. The van der Waals surface area contributed by atoms with Crippen LogP contribution in [0, 0.1) is 0 Å². The van der Waals surface area contributed by atoms with E-state index in [-0.39, 0.29) is 5.16 Å². The summed E-state index contributed by atoms with van der Waals surface area (Å²) in [5, 5.41) is 4.73. The lowest BCUT2D eigenvalue weighted by atomic mass is 10.1. The Bertz CT molecular complexity index is 1050. The van der Waals surface area contributed by atoms with Gasteiger partial charge in [-0.15, -0.1) is 0 Å². The molecule has 0 radical (unpaired) electrons. The van der Waals surface area contributed by atoms with E-state index in [0.717, 1.165) is 11.8 Å². The number of nitrogens with zero attached hydrogens (tertiary/aromatic N) is 4. The quantitative estimate of drug-likeness (QED) is 0.648. The van der Waals surface area contributed by atoms with Gasteiger partial charge < -0.3 is 4.74 Å². The fourth-order valence-corrected chi connectivity index (χ4v) is 3.12. The van der Waals surface area contributed by atoms with Gasteiger partial charge in [0.05, 0.1) is 12.8 Å². The van der Waals surface area contributed by atoms with Gasteiger partial charge in [0, 0.05) is 41.8 Å². The van der Waals surface area contributed by atoms with E-state index < -0.39 is 9.84 Å². The third-order valence-electron chi connectivity index (χ3n) is 3.45. The Morgan fingerprint density at radius 2 is 2.00 bits per heavy atom. The van der Waals surface area contributed by atoms with Gasteiger partial charge >= 0.3 is 0 Å². The van der Waals surface area contributed by atoms with Crippen molar-refractivity contribution in [1.29, 1.82) is 0 Å². The van der Waals surface area contributed by atoms with Crippen molar-refractivity contribution >= 4 is 21.4 Å². The standard InChI is InChI=1S/C16H15ClN4O3S/c1-21-9-13(14-4-5-18-16(19-14)25(3,22)23)15(20-21)10-6-11(17)8-12(7-10)24-2/h4-9H,1-3H3. The highest BCUT2D eigenvalue weighted by atomic mass is 35.5. The van der Waals surface area contributed by atoms with E-state index in [1.165, 1.54) is 6.20 Å². The molecule has 0 aliphatic rings. The fourth-order valence-electron chi connectivity index (χ4n) is 2.38. The zero-order chi connectivity index (χ0) is 18.2. The highest BCUT2D eigenvalue weighted by Crippen LogP contribution is 2.33. The van der Waals surface area contributed by atoms with Gasteiger partial charge in [-0.3, -0.25) is 4.68 Å². The Hall–Kier alpha value is -2.45. The third kappa shape index (κ3) is 3.64. The highest BCUT2D eigenvalue weighted by molar-refractivity contribution is 7.90. The Labute approximate surface area is 150 Å².